The van der Waals surface area contributed by atoms with Crippen molar-refractivity contribution in [1.29, 1.82) is 0 Å². The number of nitrogens with two attached hydrogens (primary N) is 1. The van der Waals surface area contributed by atoms with Gasteiger partial charge in [-0.25, -0.2) is 15.0 Å². The van der Waals surface area contributed by atoms with Gasteiger partial charge in [0.25, 0.3) is 0 Å². The molecule has 0 aliphatic heterocycles. The molecule has 1 aromatic carbocycles. The van der Waals surface area contributed by atoms with Gasteiger partial charge in [0, 0.05) is 17.6 Å². The number of rotatable bonds is 4. The van der Waals surface area contributed by atoms with Crippen molar-refractivity contribution < 1.29 is 0 Å². The minimum Gasteiger partial charge on any atom is -0.383 e. The van der Waals surface area contributed by atoms with Crippen LogP contribution < -0.4 is 5.73 Å². The fourth-order valence-electron chi connectivity index (χ4n) is 3.21. The number of anilines is 1. The molecule has 0 unspecified atom stereocenters. The Hall–Kier alpha value is -3.21. The standard InChI is InChI=1S/C22H23N5/c1-4-15-7-9-16(10-8-15)27-21(17-6-5-13-24-20(17)23)26-19-12-11-18(14(2)3)25-22(19)27/h5-14H,4H2,1-3H3,(H2,23,24). The zero-order chi connectivity index (χ0) is 19.0. The summed E-state index contributed by atoms with van der Waals surface area (Å²) in [5.41, 5.74) is 12.0. The predicted octanol–water partition coefficient (Wildman–Crippen LogP) is 4.75. The molecule has 0 bridgehead atoms. The van der Waals surface area contributed by atoms with Gasteiger partial charge in [0.05, 0.1) is 5.56 Å². The third-order valence-corrected chi connectivity index (χ3v) is 4.80. The van der Waals surface area contributed by atoms with Crippen molar-refractivity contribution in [3.8, 4) is 17.1 Å². The lowest BCUT2D eigenvalue weighted by Gasteiger charge is -2.11. The highest BCUT2D eigenvalue weighted by molar-refractivity contribution is 5.82. The van der Waals surface area contributed by atoms with E-state index < -0.39 is 0 Å². The number of aryl methyl sites for hydroxylation is 1. The maximum absolute atomic E-state index is 6.16. The Balaban J connectivity index is 2.03. The van der Waals surface area contributed by atoms with Crippen LogP contribution in [0.1, 0.15) is 37.9 Å². The summed E-state index contributed by atoms with van der Waals surface area (Å²) in [4.78, 5) is 14.0. The van der Waals surface area contributed by atoms with E-state index in [2.05, 4.69) is 54.6 Å². The van der Waals surface area contributed by atoms with Crippen LogP contribution in [0.5, 0.6) is 0 Å². The van der Waals surface area contributed by atoms with Crippen LogP contribution in [0.15, 0.2) is 54.7 Å². The number of benzene rings is 1. The van der Waals surface area contributed by atoms with Crippen molar-refractivity contribution >= 4 is 17.0 Å². The number of nitrogen functional groups attached to an aromatic ring is 1. The summed E-state index contributed by atoms with van der Waals surface area (Å²) in [6, 6.07) is 16.4. The van der Waals surface area contributed by atoms with E-state index in [4.69, 9.17) is 15.7 Å². The molecule has 5 heteroatoms. The normalized spacial score (nSPS) is 11.4. The van der Waals surface area contributed by atoms with Gasteiger partial charge in [-0.3, -0.25) is 4.57 Å². The number of imidazole rings is 1. The Kier molecular flexibility index (Phi) is 4.36. The van der Waals surface area contributed by atoms with E-state index in [-0.39, 0.29) is 0 Å². The van der Waals surface area contributed by atoms with E-state index in [0.29, 0.717) is 11.7 Å². The summed E-state index contributed by atoms with van der Waals surface area (Å²) >= 11 is 0. The Labute approximate surface area is 158 Å². The first-order valence-electron chi connectivity index (χ1n) is 9.28. The van der Waals surface area contributed by atoms with Gasteiger partial charge in [0.2, 0.25) is 0 Å². The Morgan fingerprint density at radius 3 is 2.44 bits per heavy atom. The molecular formula is C22H23N5. The quantitative estimate of drug-likeness (QED) is 0.572. The number of nitrogens with zero attached hydrogens (tertiary/aromatic N) is 4. The number of hydrogen-bond donors (Lipinski definition) is 1. The first-order valence-corrected chi connectivity index (χ1v) is 9.28. The van der Waals surface area contributed by atoms with Gasteiger partial charge in [-0.1, -0.05) is 32.9 Å². The van der Waals surface area contributed by atoms with Crippen LogP contribution >= 0.6 is 0 Å². The van der Waals surface area contributed by atoms with Crippen molar-refractivity contribution in [2.24, 2.45) is 0 Å². The average Bonchev–Trinajstić information content (AvgIpc) is 3.06. The molecule has 4 rings (SSSR count). The van der Waals surface area contributed by atoms with Gasteiger partial charge in [0.1, 0.15) is 11.3 Å². The number of fused-ring (bicyclic) bond motifs is 1. The summed E-state index contributed by atoms with van der Waals surface area (Å²) in [5.74, 6) is 1.56. The lowest BCUT2D eigenvalue weighted by Crippen LogP contribution is -2.03. The Morgan fingerprint density at radius 1 is 1.00 bits per heavy atom. The van der Waals surface area contributed by atoms with E-state index in [1.807, 2.05) is 24.3 Å². The van der Waals surface area contributed by atoms with Crippen molar-refractivity contribution in [3.05, 3.63) is 66.0 Å². The van der Waals surface area contributed by atoms with E-state index in [9.17, 15) is 0 Å². The largest absolute Gasteiger partial charge is 0.383 e. The van der Waals surface area contributed by atoms with Crippen LogP contribution in [-0.4, -0.2) is 19.5 Å². The molecule has 0 aliphatic rings. The molecule has 0 aliphatic carbocycles. The molecule has 136 valence electrons. The van der Waals surface area contributed by atoms with Gasteiger partial charge in [0.15, 0.2) is 11.5 Å². The van der Waals surface area contributed by atoms with Gasteiger partial charge in [-0.2, -0.15) is 0 Å². The minimum atomic E-state index is 0.340. The third-order valence-electron chi connectivity index (χ3n) is 4.80. The van der Waals surface area contributed by atoms with Gasteiger partial charge in [-0.05, 0) is 54.3 Å². The van der Waals surface area contributed by atoms with Gasteiger partial charge < -0.3 is 5.73 Å². The molecule has 4 aromatic rings. The first kappa shape index (κ1) is 17.2. The summed E-state index contributed by atoms with van der Waals surface area (Å²) in [6.45, 7) is 6.44. The molecule has 3 aromatic heterocycles. The molecule has 0 spiro atoms. The molecule has 5 nitrogen and oxygen atoms in total. The SMILES string of the molecule is CCc1ccc(-n2c(-c3cccnc3N)nc3ccc(C(C)C)nc32)cc1. The molecule has 0 amide bonds. The molecule has 3 heterocycles. The van der Waals surface area contributed by atoms with Crippen LogP contribution in [0.4, 0.5) is 5.82 Å². The highest BCUT2D eigenvalue weighted by Gasteiger charge is 2.18. The summed E-state index contributed by atoms with van der Waals surface area (Å²) in [7, 11) is 0. The van der Waals surface area contributed by atoms with E-state index >= 15 is 0 Å². The van der Waals surface area contributed by atoms with Crippen LogP contribution in [0, 0.1) is 0 Å². The van der Waals surface area contributed by atoms with E-state index in [1.165, 1.54) is 5.56 Å². The van der Waals surface area contributed by atoms with Crippen LogP contribution in [0.2, 0.25) is 0 Å². The zero-order valence-electron chi connectivity index (χ0n) is 15.8. The second-order valence-electron chi connectivity index (χ2n) is 6.96. The lowest BCUT2D eigenvalue weighted by molar-refractivity contribution is 0.826. The maximum atomic E-state index is 6.16. The number of aromatic nitrogens is 4. The maximum Gasteiger partial charge on any atom is 0.165 e. The molecule has 0 fully saturated rings. The molecule has 0 radical (unpaired) electrons. The highest BCUT2D eigenvalue weighted by Crippen LogP contribution is 2.31. The summed E-state index contributed by atoms with van der Waals surface area (Å²) < 4.78 is 2.08. The van der Waals surface area contributed by atoms with Crippen LogP contribution in [0.3, 0.4) is 0 Å². The molecule has 27 heavy (non-hydrogen) atoms. The molecule has 0 saturated carbocycles. The topological polar surface area (TPSA) is 69.6 Å². The summed E-state index contributed by atoms with van der Waals surface area (Å²) in [6.07, 6.45) is 2.69. The second kappa shape index (κ2) is 6.83. The molecule has 0 atom stereocenters. The average molecular weight is 357 g/mol. The number of pyridine rings is 2. The van der Waals surface area contributed by atoms with Crippen molar-refractivity contribution in [1.82, 2.24) is 19.5 Å². The van der Waals surface area contributed by atoms with Crippen molar-refractivity contribution in [3.63, 3.8) is 0 Å². The monoisotopic (exact) mass is 357 g/mol. The fourth-order valence-corrected chi connectivity index (χ4v) is 3.21. The summed E-state index contributed by atoms with van der Waals surface area (Å²) in [5, 5.41) is 0. The van der Waals surface area contributed by atoms with Crippen molar-refractivity contribution in [2.45, 2.75) is 33.1 Å². The number of hydrogen-bond acceptors (Lipinski definition) is 4. The van der Waals surface area contributed by atoms with Gasteiger partial charge in [-0.15, -0.1) is 0 Å². The van der Waals surface area contributed by atoms with E-state index in [0.717, 1.165) is 40.4 Å². The minimum absolute atomic E-state index is 0.340. The lowest BCUT2D eigenvalue weighted by atomic mass is 10.1. The third kappa shape index (κ3) is 3.05. The van der Waals surface area contributed by atoms with Crippen LogP contribution in [0.25, 0.3) is 28.2 Å². The molecule has 2 N–H and O–H groups in total. The molecular weight excluding hydrogens is 334 g/mol. The predicted molar refractivity (Wildman–Crippen MR) is 110 cm³/mol. The Morgan fingerprint density at radius 2 is 1.78 bits per heavy atom. The van der Waals surface area contributed by atoms with Crippen LogP contribution in [-0.2, 0) is 6.42 Å². The highest BCUT2D eigenvalue weighted by atomic mass is 15.1. The first-order chi connectivity index (χ1) is 13.1. The zero-order valence-corrected chi connectivity index (χ0v) is 15.8. The molecule has 0 saturated heterocycles. The smallest absolute Gasteiger partial charge is 0.165 e. The van der Waals surface area contributed by atoms with Crippen molar-refractivity contribution in [2.75, 3.05) is 5.73 Å². The fraction of sp³-hybridized carbons (Fsp3) is 0.227. The second-order valence-corrected chi connectivity index (χ2v) is 6.96. The van der Waals surface area contributed by atoms with Gasteiger partial charge >= 0.3 is 0 Å². The van der Waals surface area contributed by atoms with E-state index in [1.54, 1.807) is 6.20 Å². The Bertz CT molecular complexity index is 1090.